The topological polar surface area (TPSA) is 79.3 Å². The molecule has 1 N–H and O–H groups in total. The Labute approximate surface area is 188 Å². The number of aliphatic hydroxyl groups excluding tert-OH is 1. The van der Waals surface area contributed by atoms with Gasteiger partial charge in [-0.25, -0.2) is 0 Å². The lowest BCUT2D eigenvalue weighted by molar-refractivity contribution is -0.140. The SMILES string of the molecule is COc1cccc(C2/C(=C(\O)c3ccc(C)cc3)C(=O)C(=O)N2CCCN(C)C)c1OC. The molecule has 0 radical (unpaired) electrons. The van der Waals surface area contributed by atoms with Crippen molar-refractivity contribution in [1.29, 1.82) is 0 Å². The number of hydrogen-bond acceptors (Lipinski definition) is 6. The highest BCUT2D eigenvalue weighted by molar-refractivity contribution is 6.46. The van der Waals surface area contributed by atoms with Crippen molar-refractivity contribution in [3.8, 4) is 11.5 Å². The Morgan fingerprint density at radius 2 is 1.75 bits per heavy atom. The van der Waals surface area contributed by atoms with Crippen molar-refractivity contribution in [2.45, 2.75) is 19.4 Å². The fourth-order valence-electron chi connectivity index (χ4n) is 3.99. The van der Waals surface area contributed by atoms with E-state index in [0.29, 0.717) is 35.6 Å². The molecule has 2 aromatic carbocycles. The number of para-hydroxylation sites is 1. The molecule has 0 bridgehead atoms. The van der Waals surface area contributed by atoms with Crippen LogP contribution < -0.4 is 9.47 Å². The van der Waals surface area contributed by atoms with Crippen molar-refractivity contribution in [2.24, 2.45) is 0 Å². The summed E-state index contributed by atoms with van der Waals surface area (Å²) in [5.74, 6) is -0.628. The highest BCUT2D eigenvalue weighted by atomic mass is 16.5. The zero-order chi connectivity index (χ0) is 23.4. The Morgan fingerprint density at radius 3 is 2.34 bits per heavy atom. The van der Waals surface area contributed by atoms with Crippen molar-refractivity contribution >= 4 is 17.4 Å². The van der Waals surface area contributed by atoms with Gasteiger partial charge in [0.1, 0.15) is 5.76 Å². The molecule has 0 aliphatic carbocycles. The molecule has 0 saturated carbocycles. The summed E-state index contributed by atoms with van der Waals surface area (Å²) in [6.07, 6.45) is 0.674. The van der Waals surface area contributed by atoms with E-state index in [9.17, 15) is 14.7 Å². The van der Waals surface area contributed by atoms with Crippen molar-refractivity contribution in [3.05, 3.63) is 64.7 Å². The van der Waals surface area contributed by atoms with E-state index in [1.807, 2.05) is 38.1 Å². The first kappa shape index (κ1) is 23.3. The number of carbonyl (C=O) groups is 2. The van der Waals surface area contributed by atoms with Crippen LogP contribution >= 0.6 is 0 Å². The predicted octanol–water partition coefficient (Wildman–Crippen LogP) is 3.39. The normalized spacial score (nSPS) is 17.8. The predicted molar refractivity (Wildman–Crippen MR) is 123 cm³/mol. The molecule has 32 heavy (non-hydrogen) atoms. The number of ketones is 1. The Balaban J connectivity index is 2.19. The Hall–Kier alpha value is -3.32. The van der Waals surface area contributed by atoms with Crippen molar-refractivity contribution in [3.63, 3.8) is 0 Å². The van der Waals surface area contributed by atoms with Crippen molar-refractivity contribution in [1.82, 2.24) is 9.80 Å². The molecule has 1 saturated heterocycles. The van der Waals surface area contributed by atoms with Gasteiger partial charge in [0, 0.05) is 17.7 Å². The standard InChI is InChI=1S/C25H30N2O5/c1-16-10-12-17(13-11-16)22(28)20-21(18-8-6-9-19(31-4)24(18)32-5)27(25(30)23(20)29)15-7-14-26(2)3/h6,8-13,21,28H,7,14-15H2,1-5H3/b22-20+. The van der Waals surface area contributed by atoms with E-state index in [1.54, 1.807) is 30.3 Å². The first-order chi connectivity index (χ1) is 15.3. The van der Waals surface area contributed by atoms with Crippen LogP contribution in [-0.4, -0.2) is 68.0 Å². The molecular formula is C25H30N2O5. The van der Waals surface area contributed by atoms with Gasteiger partial charge in [-0.15, -0.1) is 0 Å². The zero-order valence-electron chi connectivity index (χ0n) is 19.2. The van der Waals surface area contributed by atoms with E-state index < -0.39 is 17.7 Å². The third-order valence-corrected chi connectivity index (χ3v) is 5.60. The third kappa shape index (κ3) is 4.48. The van der Waals surface area contributed by atoms with Gasteiger partial charge in [0.25, 0.3) is 11.7 Å². The van der Waals surface area contributed by atoms with Gasteiger partial charge < -0.3 is 24.4 Å². The summed E-state index contributed by atoms with van der Waals surface area (Å²) < 4.78 is 11.0. The van der Waals surface area contributed by atoms with E-state index in [0.717, 1.165) is 12.1 Å². The number of rotatable bonds is 8. The van der Waals surface area contributed by atoms with Crippen LogP contribution in [0.25, 0.3) is 5.76 Å². The van der Waals surface area contributed by atoms with Gasteiger partial charge in [-0.05, 0) is 40.1 Å². The molecule has 1 amide bonds. The Bertz CT molecular complexity index is 1030. The number of amides is 1. The van der Waals surface area contributed by atoms with Crippen molar-refractivity contribution in [2.75, 3.05) is 41.4 Å². The zero-order valence-corrected chi connectivity index (χ0v) is 19.2. The molecule has 1 fully saturated rings. The highest BCUT2D eigenvalue weighted by Crippen LogP contribution is 2.45. The van der Waals surface area contributed by atoms with Crippen LogP contribution in [-0.2, 0) is 9.59 Å². The number of nitrogens with zero attached hydrogens (tertiary/aromatic N) is 2. The summed E-state index contributed by atoms with van der Waals surface area (Å²) in [6, 6.07) is 11.7. The molecule has 0 spiro atoms. The number of Topliss-reactive ketones (excluding diaryl/α,β-unsaturated/α-hetero) is 1. The van der Waals surface area contributed by atoms with E-state index in [-0.39, 0.29) is 11.3 Å². The molecular weight excluding hydrogens is 408 g/mol. The average molecular weight is 439 g/mol. The number of aryl methyl sites for hydroxylation is 1. The first-order valence-electron chi connectivity index (χ1n) is 10.5. The maximum absolute atomic E-state index is 13.1. The monoisotopic (exact) mass is 438 g/mol. The lowest BCUT2D eigenvalue weighted by Gasteiger charge is -2.27. The quantitative estimate of drug-likeness (QED) is 0.387. The summed E-state index contributed by atoms with van der Waals surface area (Å²) in [6.45, 7) is 3.05. The van der Waals surface area contributed by atoms with Gasteiger partial charge in [0.05, 0.1) is 25.8 Å². The molecule has 1 heterocycles. The maximum atomic E-state index is 13.1. The molecule has 7 heteroatoms. The van der Waals surface area contributed by atoms with Crippen LogP contribution in [0.5, 0.6) is 11.5 Å². The summed E-state index contributed by atoms with van der Waals surface area (Å²) in [5, 5.41) is 11.2. The molecule has 1 aliphatic heterocycles. The Kier molecular flexibility index (Phi) is 7.20. The minimum absolute atomic E-state index is 0.0512. The Morgan fingerprint density at radius 1 is 1.06 bits per heavy atom. The fraction of sp³-hybridized carbons (Fsp3) is 0.360. The smallest absolute Gasteiger partial charge is 0.295 e. The van der Waals surface area contributed by atoms with E-state index in [2.05, 4.69) is 0 Å². The van der Waals surface area contributed by atoms with Gasteiger partial charge >= 0.3 is 0 Å². The van der Waals surface area contributed by atoms with E-state index in [4.69, 9.17) is 9.47 Å². The second kappa shape index (κ2) is 9.87. The van der Waals surface area contributed by atoms with Gasteiger partial charge in [0.2, 0.25) is 0 Å². The van der Waals surface area contributed by atoms with Gasteiger partial charge in [-0.3, -0.25) is 9.59 Å². The van der Waals surface area contributed by atoms with E-state index >= 15 is 0 Å². The summed E-state index contributed by atoms with van der Waals surface area (Å²) in [4.78, 5) is 29.7. The number of methoxy groups -OCH3 is 2. The largest absolute Gasteiger partial charge is 0.507 e. The number of carbonyl (C=O) groups excluding carboxylic acids is 2. The van der Waals surface area contributed by atoms with Crippen LogP contribution in [0.3, 0.4) is 0 Å². The number of ether oxygens (including phenoxy) is 2. The second-order valence-electron chi connectivity index (χ2n) is 8.10. The molecule has 7 nitrogen and oxygen atoms in total. The van der Waals surface area contributed by atoms with Crippen molar-refractivity contribution < 1.29 is 24.2 Å². The summed E-state index contributed by atoms with van der Waals surface area (Å²) >= 11 is 0. The van der Waals surface area contributed by atoms with Crippen LogP contribution in [0.15, 0.2) is 48.0 Å². The maximum Gasteiger partial charge on any atom is 0.295 e. The van der Waals surface area contributed by atoms with Gasteiger partial charge in [-0.2, -0.15) is 0 Å². The molecule has 1 aliphatic rings. The van der Waals surface area contributed by atoms with Crippen LogP contribution in [0.4, 0.5) is 0 Å². The number of aliphatic hydroxyl groups is 1. The molecule has 1 unspecified atom stereocenters. The fourth-order valence-corrected chi connectivity index (χ4v) is 3.99. The molecule has 2 aromatic rings. The minimum atomic E-state index is -0.788. The third-order valence-electron chi connectivity index (χ3n) is 5.60. The summed E-state index contributed by atoms with van der Waals surface area (Å²) in [5.41, 5.74) is 2.14. The van der Waals surface area contributed by atoms with Crippen LogP contribution in [0, 0.1) is 6.92 Å². The molecule has 170 valence electrons. The average Bonchev–Trinajstić information content (AvgIpc) is 3.03. The van der Waals surface area contributed by atoms with E-state index in [1.165, 1.54) is 19.1 Å². The number of hydrogen-bond donors (Lipinski definition) is 1. The lowest BCUT2D eigenvalue weighted by atomic mass is 9.94. The first-order valence-corrected chi connectivity index (χ1v) is 10.5. The minimum Gasteiger partial charge on any atom is -0.507 e. The number of likely N-dealkylation sites (tertiary alicyclic amines) is 1. The van der Waals surface area contributed by atoms with Gasteiger partial charge in [0.15, 0.2) is 11.5 Å². The molecule has 3 rings (SSSR count). The highest BCUT2D eigenvalue weighted by Gasteiger charge is 2.47. The lowest BCUT2D eigenvalue weighted by Crippen LogP contribution is -2.32. The summed E-state index contributed by atoms with van der Waals surface area (Å²) in [7, 11) is 6.95. The van der Waals surface area contributed by atoms with Crippen LogP contribution in [0.1, 0.15) is 29.2 Å². The second-order valence-corrected chi connectivity index (χ2v) is 8.10. The molecule has 1 atom stereocenters. The van der Waals surface area contributed by atoms with Gasteiger partial charge in [-0.1, -0.05) is 42.0 Å². The molecule has 0 aromatic heterocycles. The number of benzene rings is 2. The van der Waals surface area contributed by atoms with Crippen LogP contribution in [0.2, 0.25) is 0 Å².